The lowest BCUT2D eigenvalue weighted by Crippen LogP contribution is -2.41. The van der Waals surface area contributed by atoms with Gasteiger partial charge in [-0.1, -0.05) is 13.3 Å². The number of H-pyrrole nitrogens is 1. The van der Waals surface area contributed by atoms with Crippen molar-refractivity contribution in [3.8, 4) is 0 Å². The zero-order valence-corrected chi connectivity index (χ0v) is 15.1. The topological polar surface area (TPSA) is 95.2 Å². The third-order valence-electron chi connectivity index (χ3n) is 4.02. The average Bonchev–Trinajstić information content (AvgIpc) is 3.06. The summed E-state index contributed by atoms with van der Waals surface area (Å²) >= 11 is 0. The van der Waals surface area contributed by atoms with Crippen LogP contribution in [0.1, 0.15) is 30.3 Å². The average molecular weight is 365 g/mol. The normalized spacial score (nSPS) is 21.8. The summed E-state index contributed by atoms with van der Waals surface area (Å²) in [6, 6.07) is 1.69. The first kappa shape index (κ1) is 19.9. The third-order valence-corrected chi connectivity index (χ3v) is 4.94. The summed E-state index contributed by atoms with van der Waals surface area (Å²) in [5.41, 5.74) is 0.449. The molecule has 7 nitrogen and oxygen atoms in total. The molecule has 2 heterocycles. The van der Waals surface area contributed by atoms with E-state index in [4.69, 9.17) is 0 Å². The van der Waals surface area contributed by atoms with E-state index in [-0.39, 0.29) is 30.1 Å². The Morgan fingerprint density at radius 2 is 2.22 bits per heavy atom. The summed E-state index contributed by atoms with van der Waals surface area (Å²) in [4.78, 5) is 14.3. The van der Waals surface area contributed by atoms with Crippen molar-refractivity contribution in [1.82, 2.24) is 20.4 Å². The van der Waals surface area contributed by atoms with Crippen molar-refractivity contribution in [3.63, 3.8) is 0 Å². The zero-order valence-electron chi connectivity index (χ0n) is 13.5. The minimum atomic E-state index is -2.96. The van der Waals surface area contributed by atoms with Crippen molar-refractivity contribution in [2.45, 2.75) is 25.8 Å². The number of carbonyl (C=O) groups excluding carboxylic acids is 1. The Balaban J connectivity index is 0.00000264. The number of nitrogens with one attached hydrogen (secondary N) is 2. The molecule has 0 aliphatic carbocycles. The van der Waals surface area contributed by atoms with Gasteiger partial charge in [0.2, 0.25) is 0 Å². The van der Waals surface area contributed by atoms with E-state index in [9.17, 15) is 13.2 Å². The molecule has 2 atom stereocenters. The first-order valence-corrected chi connectivity index (χ1v) is 9.65. The molecule has 1 aliphatic heterocycles. The van der Waals surface area contributed by atoms with E-state index in [2.05, 4.69) is 27.3 Å². The van der Waals surface area contributed by atoms with Gasteiger partial charge in [-0.05, 0) is 18.4 Å². The quantitative estimate of drug-likeness (QED) is 0.742. The van der Waals surface area contributed by atoms with Gasteiger partial charge in [-0.15, -0.1) is 12.4 Å². The molecular formula is C14H25ClN4O3S. The van der Waals surface area contributed by atoms with Crippen LogP contribution in [0.5, 0.6) is 0 Å². The first-order chi connectivity index (χ1) is 10.4. The number of hydrogen-bond acceptors (Lipinski definition) is 5. The number of hydrogen-bond donors (Lipinski definition) is 2. The fourth-order valence-electron chi connectivity index (χ4n) is 2.89. The Hall–Kier alpha value is -1.12. The molecule has 1 saturated heterocycles. The number of rotatable bonds is 7. The number of aromatic amines is 1. The van der Waals surface area contributed by atoms with E-state index < -0.39 is 9.84 Å². The van der Waals surface area contributed by atoms with Crippen LogP contribution in [0.3, 0.4) is 0 Å². The highest BCUT2D eigenvalue weighted by Gasteiger charge is 2.33. The molecular weight excluding hydrogens is 340 g/mol. The Kier molecular flexibility index (Phi) is 7.50. The van der Waals surface area contributed by atoms with Crippen LogP contribution in [-0.4, -0.2) is 67.1 Å². The lowest BCUT2D eigenvalue weighted by atomic mass is 9.98. The molecule has 0 radical (unpaired) electrons. The summed E-state index contributed by atoms with van der Waals surface area (Å²) < 4.78 is 22.6. The van der Waals surface area contributed by atoms with Crippen molar-refractivity contribution in [1.29, 1.82) is 0 Å². The maximum atomic E-state index is 12.1. The molecule has 1 aromatic heterocycles. The summed E-state index contributed by atoms with van der Waals surface area (Å²) in [7, 11) is -2.96. The van der Waals surface area contributed by atoms with Crippen LogP contribution in [0.15, 0.2) is 12.3 Å². The number of aromatic nitrogens is 2. The van der Waals surface area contributed by atoms with Crippen LogP contribution in [0.25, 0.3) is 0 Å². The number of amides is 1. The van der Waals surface area contributed by atoms with Crippen LogP contribution in [0, 0.1) is 5.92 Å². The predicted molar refractivity (Wildman–Crippen MR) is 91.6 cm³/mol. The van der Waals surface area contributed by atoms with Crippen molar-refractivity contribution in [2.24, 2.45) is 5.92 Å². The van der Waals surface area contributed by atoms with Crippen LogP contribution in [0.4, 0.5) is 0 Å². The van der Waals surface area contributed by atoms with Gasteiger partial charge in [0.1, 0.15) is 15.5 Å². The van der Waals surface area contributed by atoms with E-state index in [1.807, 2.05) is 0 Å². The van der Waals surface area contributed by atoms with Crippen LogP contribution in [-0.2, 0) is 9.84 Å². The van der Waals surface area contributed by atoms with Crippen LogP contribution in [0.2, 0.25) is 0 Å². The van der Waals surface area contributed by atoms with Gasteiger partial charge in [-0.25, -0.2) is 8.42 Å². The fraction of sp³-hybridized carbons (Fsp3) is 0.714. The maximum absolute atomic E-state index is 12.1. The van der Waals surface area contributed by atoms with Gasteiger partial charge in [0.05, 0.1) is 5.75 Å². The van der Waals surface area contributed by atoms with Gasteiger partial charge < -0.3 is 5.32 Å². The smallest absolute Gasteiger partial charge is 0.269 e. The van der Waals surface area contributed by atoms with E-state index >= 15 is 0 Å². The standard InChI is InChI=1S/C14H24N4O3S.ClH/c1-3-4-11-9-18(7-8-22(2,20)21)10-13(11)16-14(19)12-5-6-15-17-12;/h5-6,11,13H,3-4,7-10H2,1-2H3,(H,15,17)(H,16,19);1H/t11-,13-;/m0./s1. The van der Waals surface area contributed by atoms with Gasteiger partial charge in [0.25, 0.3) is 5.91 Å². The Morgan fingerprint density at radius 3 is 2.78 bits per heavy atom. The van der Waals surface area contributed by atoms with Gasteiger partial charge in [-0.2, -0.15) is 5.10 Å². The zero-order chi connectivity index (χ0) is 16.2. The van der Waals surface area contributed by atoms with E-state index in [1.165, 1.54) is 6.26 Å². The fourth-order valence-corrected chi connectivity index (χ4v) is 3.48. The molecule has 0 saturated carbocycles. The number of carbonyl (C=O) groups is 1. The van der Waals surface area contributed by atoms with Crippen LogP contribution >= 0.6 is 12.4 Å². The van der Waals surface area contributed by atoms with Crippen molar-refractivity contribution >= 4 is 28.2 Å². The van der Waals surface area contributed by atoms with E-state index in [0.717, 1.165) is 19.4 Å². The van der Waals surface area contributed by atoms with Crippen molar-refractivity contribution in [3.05, 3.63) is 18.0 Å². The molecule has 2 N–H and O–H groups in total. The highest BCUT2D eigenvalue weighted by atomic mass is 35.5. The Bertz CT molecular complexity index is 591. The number of halogens is 1. The molecule has 2 rings (SSSR count). The van der Waals surface area contributed by atoms with Gasteiger partial charge >= 0.3 is 0 Å². The number of sulfone groups is 1. The Labute approximate surface area is 143 Å². The molecule has 0 aromatic carbocycles. The molecule has 0 bridgehead atoms. The summed E-state index contributed by atoms with van der Waals surface area (Å²) in [6.45, 7) is 4.17. The molecule has 0 unspecified atom stereocenters. The second-order valence-electron chi connectivity index (χ2n) is 5.99. The van der Waals surface area contributed by atoms with Crippen molar-refractivity contribution in [2.75, 3.05) is 31.6 Å². The second-order valence-corrected chi connectivity index (χ2v) is 8.25. The first-order valence-electron chi connectivity index (χ1n) is 7.59. The molecule has 1 aliphatic rings. The van der Waals surface area contributed by atoms with Gasteiger partial charge in [-0.3, -0.25) is 14.8 Å². The van der Waals surface area contributed by atoms with E-state index in [0.29, 0.717) is 24.7 Å². The Morgan fingerprint density at radius 1 is 1.48 bits per heavy atom. The van der Waals surface area contributed by atoms with Gasteiger partial charge in [0.15, 0.2) is 0 Å². The molecule has 132 valence electrons. The molecule has 23 heavy (non-hydrogen) atoms. The summed E-state index contributed by atoms with van der Waals surface area (Å²) in [5, 5.41) is 9.48. The minimum Gasteiger partial charge on any atom is -0.346 e. The molecule has 1 aromatic rings. The third kappa shape index (κ3) is 6.12. The number of nitrogens with zero attached hydrogens (tertiary/aromatic N) is 2. The monoisotopic (exact) mass is 364 g/mol. The van der Waals surface area contributed by atoms with E-state index in [1.54, 1.807) is 12.3 Å². The lowest BCUT2D eigenvalue weighted by molar-refractivity contribution is 0.0924. The van der Waals surface area contributed by atoms with Gasteiger partial charge in [0, 0.05) is 38.1 Å². The number of likely N-dealkylation sites (tertiary alicyclic amines) is 1. The van der Waals surface area contributed by atoms with Crippen LogP contribution < -0.4 is 5.32 Å². The highest BCUT2D eigenvalue weighted by Crippen LogP contribution is 2.22. The predicted octanol–water partition coefficient (Wildman–Crippen LogP) is 0.706. The molecule has 1 fully saturated rings. The molecule has 1 amide bonds. The summed E-state index contributed by atoms with van der Waals surface area (Å²) in [6.07, 6.45) is 4.86. The summed E-state index contributed by atoms with van der Waals surface area (Å²) in [5.74, 6) is 0.359. The highest BCUT2D eigenvalue weighted by molar-refractivity contribution is 7.90. The SMILES string of the molecule is CCC[C@H]1CN(CCS(C)(=O)=O)C[C@@H]1NC(=O)c1ccn[nH]1.Cl. The second kappa shape index (κ2) is 8.65. The largest absolute Gasteiger partial charge is 0.346 e. The molecule has 9 heteroatoms. The maximum Gasteiger partial charge on any atom is 0.269 e. The van der Waals surface area contributed by atoms with Crippen molar-refractivity contribution < 1.29 is 13.2 Å². The molecule has 0 spiro atoms. The minimum absolute atomic E-state index is 0. The lowest BCUT2D eigenvalue weighted by Gasteiger charge is -2.18.